The summed E-state index contributed by atoms with van der Waals surface area (Å²) in [5.74, 6) is -1.26. The van der Waals surface area contributed by atoms with Crippen molar-refractivity contribution in [2.24, 2.45) is 0 Å². The zero-order valence-corrected chi connectivity index (χ0v) is 10.1. The summed E-state index contributed by atoms with van der Waals surface area (Å²) < 4.78 is 50.9. The first kappa shape index (κ1) is 13.5. The standard InChI is InChI=1S/C14H11F4N/c1-9-4-5-19-11(6-9)7-10-2-3-13(15)12(8-10)14(16,17)18/h2-6,8H,7H2,1H3. The third-order valence-corrected chi connectivity index (χ3v) is 2.69. The minimum Gasteiger partial charge on any atom is -0.261 e. The summed E-state index contributed by atoms with van der Waals surface area (Å²) in [7, 11) is 0. The first-order valence-corrected chi connectivity index (χ1v) is 5.63. The van der Waals surface area contributed by atoms with Gasteiger partial charge in [-0.3, -0.25) is 4.98 Å². The maximum absolute atomic E-state index is 13.1. The molecule has 0 aliphatic carbocycles. The lowest BCUT2D eigenvalue weighted by Crippen LogP contribution is -2.09. The number of alkyl halides is 3. The number of hydrogen-bond donors (Lipinski definition) is 0. The summed E-state index contributed by atoms with van der Waals surface area (Å²) in [5.41, 5.74) is 0.771. The van der Waals surface area contributed by atoms with E-state index in [0.29, 0.717) is 11.3 Å². The summed E-state index contributed by atoms with van der Waals surface area (Å²) in [6.07, 6.45) is -2.84. The van der Waals surface area contributed by atoms with Crippen LogP contribution in [0.3, 0.4) is 0 Å². The van der Waals surface area contributed by atoms with Crippen LogP contribution in [0.1, 0.15) is 22.4 Å². The second-order valence-electron chi connectivity index (χ2n) is 4.31. The molecule has 1 aromatic heterocycles. The predicted octanol–water partition coefficient (Wildman–Crippen LogP) is 4.14. The maximum Gasteiger partial charge on any atom is 0.419 e. The monoisotopic (exact) mass is 269 g/mol. The maximum atomic E-state index is 13.1. The zero-order valence-electron chi connectivity index (χ0n) is 10.1. The molecule has 0 aliphatic rings. The molecule has 1 nitrogen and oxygen atoms in total. The normalized spacial score (nSPS) is 11.6. The molecule has 0 bridgehead atoms. The molecular weight excluding hydrogens is 258 g/mol. The van der Waals surface area contributed by atoms with Crippen LogP contribution in [0, 0.1) is 12.7 Å². The lowest BCUT2D eigenvalue weighted by molar-refractivity contribution is -0.140. The minimum absolute atomic E-state index is 0.241. The van der Waals surface area contributed by atoms with E-state index in [1.807, 2.05) is 6.92 Å². The third-order valence-electron chi connectivity index (χ3n) is 2.69. The van der Waals surface area contributed by atoms with Gasteiger partial charge in [-0.1, -0.05) is 6.07 Å². The smallest absolute Gasteiger partial charge is 0.261 e. The molecule has 0 fully saturated rings. The largest absolute Gasteiger partial charge is 0.419 e. The van der Waals surface area contributed by atoms with E-state index < -0.39 is 17.6 Å². The van der Waals surface area contributed by atoms with Gasteiger partial charge in [0.1, 0.15) is 5.82 Å². The molecule has 0 atom stereocenters. The van der Waals surface area contributed by atoms with Crippen molar-refractivity contribution in [3.63, 3.8) is 0 Å². The van der Waals surface area contributed by atoms with Gasteiger partial charge in [0.25, 0.3) is 0 Å². The Kier molecular flexibility index (Phi) is 3.55. The molecule has 19 heavy (non-hydrogen) atoms. The molecule has 1 heterocycles. The molecule has 0 saturated heterocycles. The quantitative estimate of drug-likeness (QED) is 0.747. The Labute approximate surface area is 107 Å². The van der Waals surface area contributed by atoms with E-state index in [2.05, 4.69) is 4.98 Å². The van der Waals surface area contributed by atoms with E-state index in [1.165, 1.54) is 6.07 Å². The van der Waals surface area contributed by atoms with Gasteiger partial charge in [0, 0.05) is 18.3 Å². The summed E-state index contributed by atoms with van der Waals surface area (Å²) >= 11 is 0. The number of hydrogen-bond acceptors (Lipinski definition) is 1. The van der Waals surface area contributed by atoms with Gasteiger partial charge in [0.15, 0.2) is 0 Å². The summed E-state index contributed by atoms with van der Waals surface area (Å²) in [5, 5.41) is 0. The highest BCUT2D eigenvalue weighted by molar-refractivity contribution is 5.30. The Bertz CT molecular complexity index is 590. The molecule has 0 saturated carbocycles. The molecule has 1 aromatic carbocycles. The van der Waals surface area contributed by atoms with Crippen LogP contribution in [0.4, 0.5) is 17.6 Å². The highest BCUT2D eigenvalue weighted by Gasteiger charge is 2.34. The second kappa shape index (κ2) is 4.99. The average Bonchev–Trinajstić information content (AvgIpc) is 2.30. The fourth-order valence-corrected chi connectivity index (χ4v) is 1.80. The van der Waals surface area contributed by atoms with E-state index in [-0.39, 0.29) is 6.42 Å². The molecule has 0 amide bonds. The van der Waals surface area contributed by atoms with E-state index in [1.54, 1.807) is 18.3 Å². The number of nitrogens with zero attached hydrogens (tertiary/aromatic N) is 1. The van der Waals surface area contributed by atoms with Crippen molar-refractivity contribution in [1.82, 2.24) is 4.98 Å². The van der Waals surface area contributed by atoms with Gasteiger partial charge in [-0.25, -0.2) is 4.39 Å². The van der Waals surface area contributed by atoms with Crippen molar-refractivity contribution in [1.29, 1.82) is 0 Å². The average molecular weight is 269 g/mol. The van der Waals surface area contributed by atoms with Crippen molar-refractivity contribution in [2.45, 2.75) is 19.5 Å². The van der Waals surface area contributed by atoms with Crippen molar-refractivity contribution in [3.05, 3.63) is 64.7 Å². The van der Waals surface area contributed by atoms with Crippen LogP contribution < -0.4 is 0 Å². The molecule has 0 unspecified atom stereocenters. The van der Waals surface area contributed by atoms with Crippen LogP contribution in [0.15, 0.2) is 36.5 Å². The van der Waals surface area contributed by atoms with E-state index >= 15 is 0 Å². The topological polar surface area (TPSA) is 12.9 Å². The van der Waals surface area contributed by atoms with Crippen LogP contribution >= 0.6 is 0 Å². The molecule has 100 valence electrons. The Morgan fingerprint density at radius 1 is 1.11 bits per heavy atom. The molecule has 5 heteroatoms. The van der Waals surface area contributed by atoms with Gasteiger partial charge >= 0.3 is 6.18 Å². The number of halogens is 4. The fourth-order valence-electron chi connectivity index (χ4n) is 1.80. The third kappa shape index (κ3) is 3.30. The molecule has 0 radical (unpaired) electrons. The van der Waals surface area contributed by atoms with Gasteiger partial charge in [0.2, 0.25) is 0 Å². The van der Waals surface area contributed by atoms with Gasteiger partial charge in [-0.05, 0) is 42.3 Å². The number of benzene rings is 1. The first-order chi connectivity index (χ1) is 8.86. The van der Waals surface area contributed by atoms with E-state index in [9.17, 15) is 17.6 Å². The summed E-state index contributed by atoms with van der Waals surface area (Å²) in [4.78, 5) is 4.07. The van der Waals surface area contributed by atoms with Crippen LogP contribution in [-0.4, -0.2) is 4.98 Å². The minimum atomic E-state index is -4.68. The molecule has 0 spiro atoms. The zero-order chi connectivity index (χ0) is 14.0. The fraction of sp³-hybridized carbons (Fsp3) is 0.214. The highest BCUT2D eigenvalue weighted by atomic mass is 19.4. The van der Waals surface area contributed by atoms with Gasteiger partial charge < -0.3 is 0 Å². The van der Waals surface area contributed by atoms with Crippen molar-refractivity contribution < 1.29 is 17.6 Å². The lowest BCUT2D eigenvalue weighted by Gasteiger charge is -2.10. The number of aryl methyl sites for hydroxylation is 1. The van der Waals surface area contributed by atoms with E-state index in [0.717, 1.165) is 17.7 Å². The Balaban J connectivity index is 2.32. The molecule has 2 rings (SSSR count). The number of pyridine rings is 1. The van der Waals surface area contributed by atoms with Gasteiger partial charge in [-0.15, -0.1) is 0 Å². The van der Waals surface area contributed by atoms with E-state index in [4.69, 9.17) is 0 Å². The van der Waals surface area contributed by atoms with Crippen molar-refractivity contribution in [3.8, 4) is 0 Å². The van der Waals surface area contributed by atoms with Crippen LogP contribution in [0.25, 0.3) is 0 Å². The second-order valence-corrected chi connectivity index (χ2v) is 4.31. The Hall–Kier alpha value is -1.91. The molecule has 0 N–H and O–H groups in total. The lowest BCUT2D eigenvalue weighted by atomic mass is 10.0. The Morgan fingerprint density at radius 2 is 1.84 bits per heavy atom. The van der Waals surface area contributed by atoms with Gasteiger partial charge in [-0.2, -0.15) is 13.2 Å². The van der Waals surface area contributed by atoms with Crippen LogP contribution in [0.5, 0.6) is 0 Å². The number of aromatic nitrogens is 1. The SMILES string of the molecule is Cc1ccnc(Cc2ccc(F)c(C(F)(F)F)c2)c1. The van der Waals surface area contributed by atoms with Crippen LogP contribution in [0.2, 0.25) is 0 Å². The summed E-state index contributed by atoms with van der Waals surface area (Å²) in [6, 6.07) is 6.60. The predicted molar refractivity (Wildman–Crippen MR) is 63.2 cm³/mol. The summed E-state index contributed by atoms with van der Waals surface area (Å²) in [6.45, 7) is 1.87. The highest BCUT2D eigenvalue weighted by Crippen LogP contribution is 2.32. The Morgan fingerprint density at radius 3 is 2.47 bits per heavy atom. The molecule has 0 aliphatic heterocycles. The molecular formula is C14H11F4N. The van der Waals surface area contributed by atoms with Crippen LogP contribution in [-0.2, 0) is 12.6 Å². The first-order valence-electron chi connectivity index (χ1n) is 5.63. The van der Waals surface area contributed by atoms with Crippen molar-refractivity contribution >= 4 is 0 Å². The molecule has 2 aromatic rings. The van der Waals surface area contributed by atoms with Gasteiger partial charge in [0.05, 0.1) is 5.56 Å². The van der Waals surface area contributed by atoms with Crippen molar-refractivity contribution in [2.75, 3.05) is 0 Å². The number of rotatable bonds is 2.